The van der Waals surface area contributed by atoms with Crippen LogP contribution in [0.15, 0.2) is 54.6 Å². The summed E-state index contributed by atoms with van der Waals surface area (Å²) in [6, 6.07) is 17.3. The van der Waals surface area contributed by atoms with Gasteiger partial charge in [0.1, 0.15) is 12.8 Å². The van der Waals surface area contributed by atoms with E-state index in [0.29, 0.717) is 11.6 Å². The predicted octanol–water partition coefficient (Wildman–Crippen LogP) is 4.85. The molecule has 7 heteroatoms. The Morgan fingerprint density at radius 1 is 1.06 bits per heavy atom. The predicted molar refractivity (Wildman–Crippen MR) is 120 cm³/mol. The number of ether oxygens (including phenoxy) is 1. The topological polar surface area (TPSA) is 62.2 Å². The molecule has 0 heterocycles. The monoisotopic (exact) mass is 446 g/mol. The van der Waals surface area contributed by atoms with Crippen molar-refractivity contribution in [2.24, 2.45) is 5.92 Å². The molecule has 1 fully saturated rings. The molecule has 1 aliphatic rings. The van der Waals surface area contributed by atoms with Crippen LogP contribution < -0.4 is 0 Å². The van der Waals surface area contributed by atoms with Crippen LogP contribution in [0.4, 0.5) is 4.79 Å². The van der Waals surface area contributed by atoms with Crippen LogP contribution in [-0.4, -0.2) is 47.6 Å². The fourth-order valence-electron chi connectivity index (χ4n) is 4.05. The lowest BCUT2D eigenvalue weighted by Gasteiger charge is -2.39. The Labute approximate surface area is 189 Å². The zero-order chi connectivity index (χ0) is 22.2. The van der Waals surface area contributed by atoms with Crippen LogP contribution in [0.25, 0.3) is 0 Å². The molecule has 6 nitrogen and oxygen atoms in total. The van der Waals surface area contributed by atoms with E-state index in [4.69, 9.17) is 21.2 Å². The molecule has 0 aromatic heterocycles. The number of carbonyl (C=O) groups is 1. The van der Waals surface area contributed by atoms with Gasteiger partial charge in [0.25, 0.3) is 0 Å². The Morgan fingerprint density at radius 2 is 1.71 bits per heavy atom. The van der Waals surface area contributed by atoms with Crippen LogP contribution in [0.3, 0.4) is 0 Å². The molecule has 0 saturated heterocycles. The summed E-state index contributed by atoms with van der Waals surface area (Å²) in [6.45, 7) is 0.699. The molecule has 1 unspecified atom stereocenters. The van der Waals surface area contributed by atoms with Crippen molar-refractivity contribution in [2.75, 3.05) is 14.2 Å². The van der Waals surface area contributed by atoms with Gasteiger partial charge in [0, 0.05) is 30.6 Å². The Balaban J connectivity index is 1.66. The van der Waals surface area contributed by atoms with Crippen LogP contribution >= 0.6 is 11.6 Å². The van der Waals surface area contributed by atoms with Gasteiger partial charge in [-0.1, -0.05) is 54.1 Å². The Morgan fingerprint density at radius 3 is 2.32 bits per heavy atom. The van der Waals surface area contributed by atoms with Crippen LogP contribution in [-0.2, 0) is 22.7 Å². The van der Waals surface area contributed by atoms with Gasteiger partial charge in [0.15, 0.2) is 0 Å². The first-order chi connectivity index (χ1) is 15.0. The van der Waals surface area contributed by atoms with Crippen LogP contribution in [0.1, 0.15) is 36.8 Å². The zero-order valence-electron chi connectivity index (χ0n) is 18.1. The summed E-state index contributed by atoms with van der Waals surface area (Å²) in [4.78, 5) is 20.0. The molecule has 168 valence electrons. The largest absolute Gasteiger partial charge is 0.445 e. The lowest BCUT2D eigenvalue weighted by atomic mass is 9.84. The second-order valence-electron chi connectivity index (χ2n) is 8.01. The third kappa shape index (κ3) is 6.68. The van der Waals surface area contributed by atoms with Crippen LogP contribution in [0.5, 0.6) is 0 Å². The molecule has 31 heavy (non-hydrogen) atoms. The van der Waals surface area contributed by atoms with Crippen molar-refractivity contribution in [2.45, 2.75) is 51.1 Å². The molecular weight excluding hydrogens is 416 g/mol. The number of hydrogen-bond donors (Lipinski definition) is 1. The standard InChI is InChI=1S/C24H31ClN2O4/c1-26(30-2)23(28)20-10-14-22(15-11-20)27(16-18-8-12-21(25)13-9-18)24(29)31-17-19-6-4-3-5-7-19/h3-9,12-13,20,22-23,28H,10-11,14-17H2,1-2H3. The van der Waals surface area contributed by atoms with E-state index >= 15 is 0 Å². The van der Waals surface area contributed by atoms with E-state index < -0.39 is 6.23 Å². The molecule has 2 aromatic rings. The molecule has 1 amide bonds. The first kappa shape index (κ1) is 23.5. The van der Waals surface area contributed by atoms with E-state index in [1.165, 1.54) is 5.06 Å². The second kappa shape index (κ2) is 11.5. The molecule has 0 spiro atoms. The van der Waals surface area contributed by atoms with Gasteiger partial charge in [-0.15, -0.1) is 0 Å². The molecule has 3 rings (SSSR count). The molecule has 0 bridgehead atoms. The molecular formula is C24H31ClN2O4. The van der Waals surface area contributed by atoms with Crippen molar-refractivity contribution in [3.05, 3.63) is 70.7 Å². The molecule has 0 aliphatic heterocycles. The summed E-state index contributed by atoms with van der Waals surface area (Å²) < 4.78 is 5.65. The van der Waals surface area contributed by atoms with Gasteiger partial charge in [-0.05, 0) is 48.9 Å². The first-order valence-corrected chi connectivity index (χ1v) is 11.0. The number of amides is 1. The van der Waals surface area contributed by atoms with E-state index in [9.17, 15) is 9.90 Å². The normalized spacial score (nSPS) is 19.8. The number of nitrogens with zero attached hydrogens (tertiary/aromatic N) is 2. The van der Waals surface area contributed by atoms with Gasteiger partial charge in [0.05, 0.1) is 7.11 Å². The quantitative estimate of drug-likeness (QED) is 0.464. The maximum Gasteiger partial charge on any atom is 0.410 e. The summed E-state index contributed by atoms with van der Waals surface area (Å²) in [5.41, 5.74) is 1.96. The van der Waals surface area contributed by atoms with E-state index in [-0.39, 0.29) is 24.7 Å². The minimum atomic E-state index is -0.652. The summed E-state index contributed by atoms with van der Waals surface area (Å²) in [7, 11) is 3.27. The summed E-state index contributed by atoms with van der Waals surface area (Å²) >= 11 is 6.02. The van der Waals surface area contributed by atoms with Crippen molar-refractivity contribution >= 4 is 17.7 Å². The molecule has 1 atom stereocenters. The van der Waals surface area contributed by atoms with Gasteiger partial charge in [-0.25, -0.2) is 4.79 Å². The summed E-state index contributed by atoms with van der Waals surface area (Å²) in [5, 5.41) is 12.6. The second-order valence-corrected chi connectivity index (χ2v) is 8.44. The van der Waals surface area contributed by atoms with Crippen molar-refractivity contribution in [3.8, 4) is 0 Å². The molecule has 1 aliphatic carbocycles. The highest BCUT2D eigenvalue weighted by Gasteiger charge is 2.33. The highest BCUT2D eigenvalue weighted by Crippen LogP contribution is 2.32. The smallest absolute Gasteiger partial charge is 0.410 e. The van der Waals surface area contributed by atoms with E-state index in [2.05, 4.69) is 0 Å². The number of halogens is 1. The van der Waals surface area contributed by atoms with Crippen molar-refractivity contribution < 1.29 is 19.5 Å². The van der Waals surface area contributed by atoms with E-state index in [0.717, 1.165) is 36.8 Å². The van der Waals surface area contributed by atoms with Crippen LogP contribution in [0, 0.1) is 5.92 Å². The number of carbonyl (C=O) groups excluding carboxylic acids is 1. The third-order valence-electron chi connectivity index (χ3n) is 5.97. The molecule has 0 radical (unpaired) electrons. The Kier molecular flexibility index (Phi) is 8.72. The number of rotatable bonds is 8. The number of hydroxylamine groups is 2. The van der Waals surface area contributed by atoms with Crippen molar-refractivity contribution in [3.63, 3.8) is 0 Å². The first-order valence-electron chi connectivity index (χ1n) is 10.6. The average Bonchev–Trinajstić information content (AvgIpc) is 2.82. The fraction of sp³-hybridized carbons (Fsp3) is 0.458. The highest BCUT2D eigenvalue weighted by molar-refractivity contribution is 6.30. The van der Waals surface area contributed by atoms with E-state index in [1.54, 1.807) is 14.2 Å². The van der Waals surface area contributed by atoms with Gasteiger partial charge < -0.3 is 19.6 Å². The number of hydrogen-bond acceptors (Lipinski definition) is 5. The van der Waals surface area contributed by atoms with Gasteiger partial charge in [-0.2, -0.15) is 5.06 Å². The van der Waals surface area contributed by atoms with Crippen molar-refractivity contribution in [1.82, 2.24) is 9.96 Å². The maximum atomic E-state index is 13.1. The highest BCUT2D eigenvalue weighted by atomic mass is 35.5. The minimum Gasteiger partial charge on any atom is -0.445 e. The summed E-state index contributed by atoms with van der Waals surface area (Å²) in [6.07, 6.45) is 2.24. The fourth-order valence-corrected chi connectivity index (χ4v) is 4.17. The number of aliphatic hydroxyl groups excluding tert-OH is 1. The summed E-state index contributed by atoms with van der Waals surface area (Å²) in [5.74, 6) is 0.110. The molecule has 1 N–H and O–H groups in total. The number of benzene rings is 2. The van der Waals surface area contributed by atoms with Gasteiger partial charge in [-0.3, -0.25) is 0 Å². The molecule has 1 saturated carbocycles. The van der Waals surface area contributed by atoms with Crippen LogP contribution in [0.2, 0.25) is 5.02 Å². The zero-order valence-corrected chi connectivity index (χ0v) is 18.9. The maximum absolute atomic E-state index is 13.1. The number of aliphatic hydroxyl groups is 1. The van der Waals surface area contributed by atoms with E-state index in [1.807, 2.05) is 59.5 Å². The Hall–Kier alpha value is -2.12. The molecule has 2 aromatic carbocycles. The Bertz CT molecular complexity index is 810. The van der Waals surface area contributed by atoms with Gasteiger partial charge >= 0.3 is 6.09 Å². The average molecular weight is 447 g/mol. The lowest BCUT2D eigenvalue weighted by Crippen LogP contribution is -2.45. The minimum absolute atomic E-state index is 0.0512. The van der Waals surface area contributed by atoms with Crippen molar-refractivity contribution in [1.29, 1.82) is 0 Å². The lowest BCUT2D eigenvalue weighted by molar-refractivity contribution is -0.224. The SMILES string of the molecule is CON(C)C(O)C1CCC(N(Cc2ccc(Cl)cc2)C(=O)OCc2ccccc2)CC1. The third-order valence-corrected chi connectivity index (χ3v) is 6.22. The van der Waals surface area contributed by atoms with Gasteiger partial charge in [0.2, 0.25) is 0 Å².